The number of hydrogen-bond acceptors (Lipinski definition) is 23. The molecule has 0 radical (unpaired) electrons. The molecule has 2 aromatic rings. The van der Waals surface area contributed by atoms with Crippen LogP contribution in [0.1, 0.15) is 157 Å². The first-order valence-corrected chi connectivity index (χ1v) is 44.8. The molecule has 5 fully saturated rings. The number of aliphatic carboxylic acids is 3. The zero-order chi connectivity index (χ0) is 91.4. The van der Waals surface area contributed by atoms with Crippen molar-refractivity contribution < 1.29 is 92.0 Å². The summed E-state index contributed by atoms with van der Waals surface area (Å²) in [7, 11) is 1.55. The summed E-state index contributed by atoms with van der Waals surface area (Å²) in [5.74, 6) is -11.0. The standard InChI is InChI=1S/C85H135N19O19S/c1-48(2)35-64(81(121)97-62(77(88)117)24-34-124-10)98-82(122)66(38-55(40-86)89-9)96-71(109)43-92-83(123)76(49(3)4)100-78(118)51(6)93-80(120)65(36-52-41-90-61-14-12-11-13-56(52)61)99-79(119)63(20-21-68(87)106)95-69(107)22-15-50(5)58-18-19-59-57-17-16-53-37-54(23-25-84(53,7)60(57)39-67(105)85(58,59)8)94-70(108)42-91-72(110)44-101-26-28-102(45-73(111)112)30-32-104(47-75(115)116)33-31-103(29-27-101)46-74(113)114/h11-14,40-41,48-51,53-54,57-60,62-66,76,89-90H,15-39,42-47,86H2,1-10H3,(H2,87,106)(H2,88,117)(H,91,110)(H,92,123)(H,93,120)(H,94,108)(H,95,107)(H,96,109)(H,97,121)(H,98,122)(H,99,119)(H,100,118)(H,111,112)(H,113,114)(H,115,116)/b55-40-/t50-,51+,53-,54+,57?,58-,59?,60?,62+,63+,64+,65+,66+,76+,84+,85-/m1/s1. The van der Waals surface area contributed by atoms with Gasteiger partial charge in [-0.3, -0.25) is 96.3 Å². The third kappa shape index (κ3) is 29.6. The first-order valence-electron chi connectivity index (χ1n) is 43.4. The van der Waals surface area contributed by atoms with Crippen LogP contribution in [0.15, 0.2) is 42.4 Å². The SMILES string of the molecule is CN/C(=C\N)C[C@H](NC(=O)CNC(=O)[C@@H](NC(=O)[C@H](C)NC(=O)[C@H](Cc1c[nH]c2ccccc12)NC(=O)[C@H](CCC(N)=O)NC(=O)CC[C@@H](C)[C@H]1CCC2C3CC[C@@H]4C[C@@H](NC(=O)CNC(=O)CN5CCN(CC(=O)O)CCN(CC(=O)O)CCN(CC(=O)O)CC5)CC[C@]4(C)C3CC(=O)[C@@]21C)C(C)C)C(=O)N[C@@H](CC(C)C)C(=O)N[C@@H](CCSC)C(N)=O. The number of hydrogen-bond donors (Lipinski definition) is 18. The van der Waals surface area contributed by atoms with Crippen molar-refractivity contribution in [2.45, 2.75) is 206 Å². The summed E-state index contributed by atoms with van der Waals surface area (Å²) >= 11 is 1.45. The lowest BCUT2D eigenvalue weighted by Gasteiger charge is -2.60. The molecular formula is C85H135N19O19S. The summed E-state index contributed by atoms with van der Waals surface area (Å²) in [6, 6.07) is -1.84. The molecule has 12 amide bonds. The first-order chi connectivity index (χ1) is 58.7. The Morgan fingerprint density at radius 2 is 1.15 bits per heavy atom. The fraction of sp³-hybridized carbons (Fsp3) is 0.694. The Balaban J connectivity index is 0.927. The summed E-state index contributed by atoms with van der Waals surface area (Å²) in [5, 5.41) is 59.6. The number of carboxylic acid groups (broad SMARTS) is 3. The Morgan fingerprint density at radius 1 is 0.589 bits per heavy atom. The van der Waals surface area contributed by atoms with Crippen LogP contribution < -0.4 is 75.7 Å². The van der Waals surface area contributed by atoms with Crippen LogP contribution in [0, 0.1) is 58.2 Å². The molecule has 3 unspecified atom stereocenters. The lowest BCUT2D eigenvalue weighted by atomic mass is 9.44. The van der Waals surface area contributed by atoms with E-state index >= 15 is 4.79 Å². The molecular weight excluding hydrogens is 1620 g/mol. The number of amides is 12. The number of benzene rings is 1. The number of H-pyrrole nitrogens is 1. The maximum absolute atomic E-state index is 15.0. The fourth-order valence-corrected chi connectivity index (χ4v) is 19.6. The molecule has 124 heavy (non-hydrogen) atoms. The van der Waals surface area contributed by atoms with Crippen LogP contribution in [0.25, 0.3) is 10.9 Å². The number of carbonyl (C=O) groups excluding carboxylic acids is 13. The molecule has 4 aliphatic carbocycles. The first kappa shape index (κ1) is 101. The van der Waals surface area contributed by atoms with Gasteiger partial charge in [0.15, 0.2) is 0 Å². The number of carbonyl (C=O) groups is 16. The van der Waals surface area contributed by atoms with Crippen molar-refractivity contribution >= 4 is 117 Å². The van der Waals surface area contributed by atoms with E-state index in [1.54, 1.807) is 52.8 Å². The third-order valence-electron chi connectivity index (χ3n) is 26.0. The van der Waals surface area contributed by atoms with Gasteiger partial charge in [0.2, 0.25) is 70.9 Å². The number of rotatable bonds is 45. The maximum Gasteiger partial charge on any atom is 0.317 e. The molecule has 39 heteroatoms. The van der Waals surface area contributed by atoms with Gasteiger partial charge in [-0.05, 0) is 154 Å². The quantitative estimate of drug-likeness (QED) is 0.0385. The summed E-state index contributed by atoms with van der Waals surface area (Å²) in [6.45, 7) is 14.5. The van der Waals surface area contributed by atoms with Crippen LogP contribution in [-0.2, 0) is 83.1 Å². The maximum atomic E-state index is 15.0. The van der Waals surface area contributed by atoms with Crippen LogP contribution in [0.5, 0.6) is 0 Å². The van der Waals surface area contributed by atoms with E-state index in [1.807, 2.05) is 38.3 Å². The third-order valence-corrected chi connectivity index (χ3v) is 26.6. The van der Waals surface area contributed by atoms with Gasteiger partial charge in [0, 0.05) is 132 Å². The highest BCUT2D eigenvalue weighted by molar-refractivity contribution is 7.98. The summed E-state index contributed by atoms with van der Waals surface area (Å²) in [4.78, 5) is 225. The van der Waals surface area contributed by atoms with Gasteiger partial charge >= 0.3 is 17.9 Å². The van der Waals surface area contributed by atoms with Gasteiger partial charge in [-0.2, -0.15) is 11.8 Å². The number of fused-ring (bicyclic) bond motifs is 6. The highest BCUT2D eigenvalue weighted by atomic mass is 32.2. The van der Waals surface area contributed by atoms with E-state index in [1.165, 1.54) is 24.9 Å². The molecule has 0 bridgehead atoms. The minimum absolute atomic E-state index is 0.0453. The lowest BCUT2D eigenvalue weighted by Crippen LogP contribution is -2.59. The molecule has 16 atom stereocenters. The van der Waals surface area contributed by atoms with Crippen molar-refractivity contribution in [2.75, 3.05) is 111 Å². The van der Waals surface area contributed by atoms with E-state index in [9.17, 15) is 87.2 Å². The minimum Gasteiger partial charge on any atom is -0.480 e. The number of nitrogens with two attached hydrogens (primary N) is 3. The Morgan fingerprint density at radius 3 is 1.73 bits per heavy atom. The average molecular weight is 1760 g/mol. The van der Waals surface area contributed by atoms with Crippen molar-refractivity contribution in [1.82, 2.24) is 83.1 Å². The summed E-state index contributed by atoms with van der Waals surface area (Å²) in [5.41, 5.74) is 17.9. The van der Waals surface area contributed by atoms with E-state index in [2.05, 4.69) is 84.2 Å². The number of carboxylic acids is 3. The molecule has 38 nitrogen and oxygen atoms in total. The van der Waals surface area contributed by atoms with E-state index < -0.39 is 143 Å². The van der Waals surface area contributed by atoms with Crippen LogP contribution in [-0.4, -0.2) is 293 Å². The number of nitrogens with zero attached hydrogens (tertiary/aromatic N) is 4. The van der Waals surface area contributed by atoms with E-state index in [0.717, 1.165) is 43.0 Å². The van der Waals surface area contributed by atoms with Gasteiger partial charge in [-0.1, -0.05) is 66.7 Å². The number of aromatic nitrogens is 1. The predicted molar refractivity (Wildman–Crippen MR) is 463 cm³/mol. The second-order valence-corrected chi connectivity index (χ2v) is 36.5. The van der Waals surface area contributed by atoms with Crippen molar-refractivity contribution in [2.24, 2.45) is 75.4 Å². The topological polar surface area (TPSA) is 573 Å². The summed E-state index contributed by atoms with van der Waals surface area (Å²) < 4.78 is 0. The normalized spacial score (nSPS) is 23.6. The molecule has 1 aromatic carbocycles. The van der Waals surface area contributed by atoms with Crippen LogP contribution >= 0.6 is 11.8 Å². The largest absolute Gasteiger partial charge is 0.480 e. The molecule has 2 heterocycles. The van der Waals surface area contributed by atoms with E-state index in [4.69, 9.17) is 17.2 Å². The lowest BCUT2D eigenvalue weighted by molar-refractivity contribution is -0.158. The molecule has 1 aliphatic heterocycles. The second kappa shape index (κ2) is 47.9. The van der Waals surface area contributed by atoms with E-state index in [0.29, 0.717) is 42.7 Å². The number of thioether (sulfide) groups is 1. The minimum atomic E-state index is -1.41. The van der Waals surface area contributed by atoms with Crippen molar-refractivity contribution in [3.05, 3.63) is 47.9 Å². The monoisotopic (exact) mass is 1760 g/mol. The van der Waals surface area contributed by atoms with Crippen LogP contribution in [0.2, 0.25) is 0 Å². The number of aromatic amines is 1. The Hall–Kier alpha value is -9.99. The molecule has 21 N–H and O–H groups in total. The molecule has 1 aromatic heterocycles. The average Bonchev–Trinajstić information content (AvgIpc) is 1.48. The summed E-state index contributed by atoms with van der Waals surface area (Å²) in [6.07, 6.45) is 10.6. The molecule has 5 aliphatic rings. The molecule has 7 rings (SSSR count). The number of ketones is 1. The predicted octanol–water partition coefficient (Wildman–Crippen LogP) is -0.814. The van der Waals surface area contributed by atoms with Gasteiger partial charge in [-0.15, -0.1) is 0 Å². The molecule has 690 valence electrons. The fourth-order valence-electron chi connectivity index (χ4n) is 19.1. The van der Waals surface area contributed by atoms with Gasteiger partial charge in [0.1, 0.15) is 48.1 Å². The Kier molecular flexibility index (Phi) is 39.1. The van der Waals surface area contributed by atoms with Gasteiger partial charge in [0.25, 0.3) is 0 Å². The highest BCUT2D eigenvalue weighted by Gasteiger charge is 2.64. The molecule has 1 saturated heterocycles. The van der Waals surface area contributed by atoms with Gasteiger partial charge < -0.3 is 96.0 Å². The van der Waals surface area contributed by atoms with Crippen molar-refractivity contribution in [3.63, 3.8) is 0 Å². The number of primary amides is 2. The smallest absolute Gasteiger partial charge is 0.317 e. The second-order valence-electron chi connectivity index (χ2n) is 35.5. The van der Waals surface area contributed by atoms with Gasteiger partial charge in [-0.25, -0.2) is 0 Å². The highest BCUT2D eigenvalue weighted by Crippen LogP contribution is 2.67. The molecule has 4 saturated carbocycles. The Labute approximate surface area is 729 Å². The Bertz CT molecular complexity index is 4100. The van der Waals surface area contributed by atoms with Crippen molar-refractivity contribution in [3.8, 4) is 0 Å². The molecule has 0 spiro atoms. The van der Waals surface area contributed by atoms with Crippen molar-refractivity contribution in [1.29, 1.82) is 0 Å². The van der Waals surface area contributed by atoms with Crippen LogP contribution in [0.3, 0.4) is 0 Å². The van der Waals surface area contributed by atoms with E-state index in [-0.39, 0.29) is 195 Å². The number of Topliss-reactive ketones (excluding diaryl/α,β-unsaturated/α-hetero) is 1. The zero-order valence-electron chi connectivity index (χ0n) is 73.4. The van der Waals surface area contributed by atoms with Crippen LogP contribution in [0.4, 0.5) is 0 Å². The number of para-hydroxylation sites is 1. The van der Waals surface area contributed by atoms with Gasteiger partial charge in [0.05, 0.1) is 39.3 Å². The number of nitrogens with one attached hydrogen (secondary N) is 12. The zero-order valence-corrected chi connectivity index (χ0v) is 74.2.